The smallest absolute Gasteiger partial charge is 0.0853 e. The number of rotatable bonds is 3. The molecular weight excluding hydrogens is 210 g/mol. The molecule has 0 amide bonds. The SMILES string of the molecule is CC1CCC(C(C)c2cccc(CO)n2)CC1. The number of hydrogen-bond acceptors (Lipinski definition) is 2. The van der Waals surface area contributed by atoms with Crippen LogP contribution in [0, 0.1) is 11.8 Å². The molecule has 0 bridgehead atoms. The third kappa shape index (κ3) is 3.06. The molecule has 1 heterocycles. The zero-order valence-corrected chi connectivity index (χ0v) is 10.9. The van der Waals surface area contributed by atoms with Crippen LogP contribution < -0.4 is 0 Å². The largest absolute Gasteiger partial charge is 0.390 e. The molecule has 17 heavy (non-hydrogen) atoms. The van der Waals surface area contributed by atoms with E-state index in [1.807, 2.05) is 12.1 Å². The lowest BCUT2D eigenvalue weighted by molar-refractivity contribution is 0.256. The van der Waals surface area contributed by atoms with Gasteiger partial charge in [0.15, 0.2) is 0 Å². The topological polar surface area (TPSA) is 33.1 Å². The van der Waals surface area contributed by atoms with E-state index in [9.17, 15) is 0 Å². The second kappa shape index (κ2) is 5.63. The maximum Gasteiger partial charge on any atom is 0.0853 e. The van der Waals surface area contributed by atoms with Gasteiger partial charge in [0.25, 0.3) is 0 Å². The fraction of sp³-hybridized carbons (Fsp3) is 0.667. The molecule has 1 unspecified atom stereocenters. The Bertz CT molecular complexity index is 356. The molecule has 1 aliphatic rings. The van der Waals surface area contributed by atoms with Gasteiger partial charge in [0.05, 0.1) is 12.3 Å². The summed E-state index contributed by atoms with van der Waals surface area (Å²) in [4.78, 5) is 4.54. The van der Waals surface area contributed by atoms with Crippen molar-refractivity contribution in [2.45, 2.75) is 52.1 Å². The minimum absolute atomic E-state index is 0.0439. The molecule has 1 atom stereocenters. The van der Waals surface area contributed by atoms with Crippen LogP contribution in [0.15, 0.2) is 18.2 Å². The summed E-state index contributed by atoms with van der Waals surface area (Å²) in [7, 11) is 0. The van der Waals surface area contributed by atoms with Crippen LogP contribution >= 0.6 is 0 Å². The van der Waals surface area contributed by atoms with E-state index in [-0.39, 0.29) is 6.61 Å². The molecule has 1 aliphatic carbocycles. The van der Waals surface area contributed by atoms with Crippen LogP contribution in [0.5, 0.6) is 0 Å². The third-order valence-corrected chi connectivity index (χ3v) is 4.22. The molecule has 1 aromatic rings. The van der Waals surface area contributed by atoms with Crippen LogP contribution in [0.2, 0.25) is 0 Å². The lowest BCUT2D eigenvalue weighted by Gasteiger charge is -2.30. The first-order valence-corrected chi connectivity index (χ1v) is 6.77. The summed E-state index contributed by atoms with van der Waals surface area (Å²) >= 11 is 0. The molecule has 2 nitrogen and oxygen atoms in total. The lowest BCUT2D eigenvalue weighted by Crippen LogP contribution is -2.18. The standard InChI is InChI=1S/C15H23NO/c1-11-6-8-13(9-7-11)12(2)15-5-3-4-14(10-17)16-15/h3-5,11-13,17H,6-10H2,1-2H3. The van der Waals surface area contributed by atoms with Gasteiger partial charge in [0.1, 0.15) is 0 Å². The van der Waals surface area contributed by atoms with Gasteiger partial charge in [-0.05, 0) is 36.8 Å². The molecule has 2 rings (SSSR count). The van der Waals surface area contributed by atoms with Gasteiger partial charge < -0.3 is 5.11 Å². The number of aliphatic hydroxyl groups excluding tert-OH is 1. The van der Waals surface area contributed by atoms with E-state index >= 15 is 0 Å². The normalized spacial score (nSPS) is 26.8. The molecule has 0 radical (unpaired) electrons. The molecular formula is C15H23NO. The Balaban J connectivity index is 2.05. The summed E-state index contributed by atoms with van der Waals surface area (Å²) in [5.74, 6) is 2.19. The Morgan fingerprint density at radius 3 is 2.65 bits per heavy atom. The second-order valence-electron chi connectivity index (χ2n) is 5.52. The Labute approximate surface area is 104 Å². The minimum Gasteiger partial charge on any atom is -0.390 e. The van der Waals surface area contributed by atoms with Gasteiger partial charge in [0.2, 0.25) is 0 Å². The Kier molecular flexibility index (Phi) is 4.16. The fourth-order valence-corrected chi connectivity index (χ4v) is 2.87. The number of aromatic nitrogens is 1. The molecule has 0 saturated heterocycles. The molecule has 2 heteroatoms. The van der Waals surface area contributed by atoms with Crippen molar-refractivity contribution in [1.82, 2.24) is 4.98 Å². The van der Waals surface area contributed by atoms with Gasteiger partial charge >= 0.3 is 0 Å². The molecule has 94 valence electrons. The summed E-state index contributed by atoms with van der Waals surface area (Å²) in [6.07, 6.45) is 5.37. The van der Waals surface area contributed by atoms with Crippen molar-refractivity contribution < 1.29 is 5.11 Å². The van der Waals surface area contributed by atoms with Crippen LogP contribution in [0.4, 0.5) is 0 Å². The highest BCUT2D eigenvalue weighted by molar-refractivity contribution is 5.15. The van der Waals surface area contributed by atoms with Gasteiger partial charge in [-0.25, -0.2) is 0 Å². The first-order valence-electron chi connectivity index (χ1n) is 6.77. The zero-order chi connectivity index (χ0) is 12.3. The van der Waals surface area contributed by atoms with Crippen LogP contribution in [-0.4, -0.2) is 10.1 Å². The molecule has 0 aliphatic heterocycles. The van der Waals surface area contributed by atoms with Crippen molar-refractivity contribution in [1.29, 1.82) is 0 Å². The molecule has 1 aromatic heterocycles. The van der Waals surface area contributed by atoms with Crippen LogP contribution in [-0.2, 0) is 6.61 Å². The van der Waals surface area contributed by atoms with Crippen LogP contribution in [0.3, 0.4) is 0 Å². The van der Waals surface area contributed by atoms with Crippen molar-refractivity contribution in [3.05, 3.63) is 29.6 Å². The Morgan fingerprint density at radius 1 is 1.29 bits per heavy atom. The van der Waals surface area contributed by atoms with E-state index in [0.717, 1.165) is 23.2 Å². The summed E-state index contributed by atoms with van der Waals surface area (Å²) < 4.78 is 0. The highest BCUT2D eigenvalue weighted by atomic mass is 16.3. The van der Waals surface area contributed by atoms with Crippen molar-refractivity contribution >= 4 is 0 Å². The van der Waals surface area contributed by atoms with Gasteiger partial charge in [-0.3, -0.25) is 4.98 Å². The molecule has 1 N–H and O–H groups in total. The van der Waals surface area contributed by atoms with Crippen molar-refractivity contribution in [2.24, 2.45) is 11.8 Å². The predicted molar refractivity (Wildman–Crippen MR) is 69.7 cm³/mol. The molecule has 0 aromatic carbocycles. The quantitative estimate of drug-likeness (QED) is 0.866. The summed E-state index contributed by atoms with van der Waals surface area (Å²) in [6, 6.07) is 6.00. The maximum absolute atomic E-state index is 9.13. The second-order valence-corrected chi connectivity index (χ2v) is 5.52. The highest BCUT2D eigenvalue weighted by Crippen LogP contribution is 2.37. The number of nitrogens with zero attached hydrogens (tertiary/aromatic N) is 1. The van der Waals surface area contributed by atoms with Gasteiger partial charge in [-0.2, -0.15) is 0 Å². The minimum atomic E-state index is 0.0439. The van der Waals surface area contributed by atoms with Gasteiger partial charge in [-0.15, -0.1) is 0 Å². The van der Waals surface area contributed by atoms with Crippen LogP contribution in [0.1, 0.15) is 56.8 Å². The summed E-state index contributed by atoms with van der Waals surface area (Å²) in [5, 5.41) is 9.13. The van der Waals surface area contributed by atoms with Crippen LogP contribution in [0.25, 0.3) is 0 Å². The van der Waals surface area contributed by atoms with E-state index in [0.29, 0.717) is 5.92 Å². The highest BCUT2D eigenvalue weighted by Gasteiger charge is 2.24. The lowest BCUT2D eigenvalue weighted by atomic mass is 9.76. The maximum atomic E-state index is 9.13. The van der Waals surface area contributed by atoms with E-state index in [1.54, 1.807) is 0 Å². The summed E-state index contributed by atoms with van der Waals surface area (Å²) in [6.45, 7) is 4.68. The fourth-order valence-electron chi connectivity index (χ4n) is 2.87. The number of pyridine rings is 1. The monoisotopic (exact) mass is 233 g/mol. The molecule has 1 saturated carbocycles. The Morgan fingerprint density at radius 2 is 2.00 bits per heavy atom. The van der Waals surface area contributed by atoms with E-state index in [4.69, 9.17) is 5.11 Å². The van der Waals surface area contributed by atoms with E-state index < -0.39 is 0 Å². The first-order chi connectivity index (χ1) is 8.20. The zero-order valence-electron chi connectivity index (χ0n) is 10.9. The average Bonchev–Trinajstić information content (AvgIpc) is 2.39. The third-order valence-electron chi connectivity index (χ3n) is 4.22. The van der Waals surface area contributed by atoms with Gasteiger partial charge in [-0.1, -0.05) is 32.8 Å². The number of aliphatic hydroxyl groups is 1. The van der Waals surface area contributed by atoms with E-state index in [2.05, 4.69) is 24.9 Å². The molecule has 0 spiro atoms. The average molecular weight is 233 g/mol. The van der Waals surface area contributed by atoms with Gasteiger partial charge in [0, 0.05) is 11.6 Å². The predicted octanol–water partition coefficient (Wildman–Crippen LogP) is 3.50. The molecule has 1 fully saturated rings. The van der Waals surface area contributed by atoms with E-state index in [1.165, 1.54) is 25.7 Å². The van der Waals surface area contributed by atoms with Crippen molar-refractivity contribution in [3.8, 4) is 0 Å². The first kappa shape index (κ1) is 12.6. The Hall–Kier alpha value is -0.890. The van der Waals surface area contributed by atoms with Crippen molar-refractivity contribution in [3.63, 3.8) is 0 Å². The number of hydrogen-bond donors (Lipinski definition) is 1. The van der Waals surface area contributed by atoms with Crippen molar-refractivity contribution in [2.75, 3.05) is 0 Å². The summed E-state index contributed by atoms with van der Waals surface area (Å²) in [5.41, 5.74) is 1.94.